The molecule has 19 heavy (non-hydrogen) atoms. The number of carboxylic acids is 1. The van der Waals surface area contributed by atoms with Crippen LogP contribution in [0.4, 0.5) is 0 Å². The summed E-state index contributed by atoms with van der Waals surface area (Å²) in [6.07, 6.45) is 13.3. The summed E-state index contributed by atoms with van der Waals surface area (Å²) in [5.74, 6) is -0.823. The Labute approximate surface area is 117 Å². The van der Waals surface area contributed by atoms with Crippen molar-refractivity contribution in [2.24, 2.45) is 0 Å². The number of aliphatic carboxylic acids is 1. The molecule has 0 atom stereocenters. The molecule has 0 radical (unpaired) electrons. The normalized spacial score (nSPS) is 9.95. The van der Waals surface area contributed by atoms with E-state index < -0.39 is 5.97 Å². The summed E-state index contributed by atoms with van der Waals surface area (Å²) in [5, 5.41) is 8.39. The lowest BCUT2D eigenvalue weighted by atomic mass is 10.1. The fourth-order valence-electron chi connectivity index (χ4n) is 1.72. The predicted octanol–water partition coefficient (Wildman–Crippen LogP) is 4.33. The number of carbonyl (C=O) groups is 1. The second kappa shape index (κ2) is 15.0. The Kier molecular flexibility index (Phi) is 14.2. The van der Waals surface area contributed by atoms with E-state index in [1.54, 1.807) is 0 Å². The Morgan fingerprint density at radius 3 is 2.42 bits per heavy atom. The largest absolute Gasteiger partial charge is 0.481 e. The van der Waals surface area contributed by atoms with E-state index in [-0.39, 0.29) is 6.42 Å². The average molecular weight is 268 g/mol. The van der Waals surface area contributed by atoms with Gasteiger partial charge in [-0.15, -0.1) is 5.73 Å². The lowest BCUT2D eigenvalue weighted by Gasteiger charge is -2.02. The fraction of sp³-hybridized carbons (Fsp3) is 0.750. The van der Waals surface area contributed by atoms with Crippen LogP contribution in [-0.2, 0) is 9.53 Å². The van der Waals surface area contributed by atoms with Gasteiger partial charge in [-0.3, -0.25) is 4.79 Å². The highest BCUT2D eigenvalue weighted by molar-refractivity contribution is 5.68. The van der Waals surface area contributed by atoms with Gasteiger partial charge < -0.3 is 9.84 Å². The molecular weight excluding hydrogens is 240 g/mol. The van der Waals surface area contributed by atoms with Crippen molar-refractivity contribution in [1.29, 1.82) is 0 Å². The molecule has 3 nitrogen and oxygen atoms in total. The molecule has 0 aliphatic rings. The van der Waals surface area contributed by atoms with E-state index in [4.69, 9.17) is 9.84 Å². The zero-order valence-electron chi connectivity index (χ0n) is 12.2. The number of unbranched alkanes of at least 4 members (excludes halogenated alkanes) is 6. The molecule has 0 heterocycles. The first-order valence-corrected chi connectivity index (χ1v) is 7.46. The lowest BCUT2D eigenvalue weighted by molar-refractivity contribution is -0.135. The van der Waals surface area contributed by atoms with Crippen molar-refractivity contribution in [3.63, 3.8) is 0 Å². The average Bonchev–Trinajstić information content (AvgIpc) is 2.39. The molecular formula is C16H28O3. The molecule has 0 fully saturated rings. The van der Waals surface area contributed by atoms with Crippen molar-refractivity contribution >= 4 is 5.97 Å². The maximum atomic E-state index is 10.2. The number of hydrogen-bond donors (Lipinski definition) is 1. The minimum Gasteiger partial charge on any atom is -0.481 e. The third-order valence-corrected chi connectivity index (χ3v) is 2.81. The Morgan fingerprint density at radius 2 is 1.74 bits per heavy atom. The number of rotatable bonds is 13. The van der Waals surface area contributed by atoms with Gasteiger partial charge in [0.1, 0.15) is 0 Å². The van der Waals surface area contributed by atoms with Crippen LogP contribution < -0.4 is 0 Å². The molecule has 0 unspecified atom stereocenters. The number of carboxylic acid groups (broad SMARTS) is 1. The topological polar surface area (TPSA) is 46.5 Å². The number of hydrogen-bond acceptors (Lipinski definition) is 2. The summed E-state index contributed by atoms with van der Waals surface area (Å²) in [6, 6.07) is 0. The molecule has 0 aliphatic carbocycles. The van der Waals surface area contributed by atoms with Gasteiger partial charge in [0.2, 0.25) is 0 Å². The summed E-state index contributed by atoms with van der Waals surface area (Å²) < 4.78 is 5.49. The highest BCUT2D eigenvalue weighted by Crippen LogP contribution is 2.06. The molecule has 1 N–H and O–H groups in total. The highest BCUT2D eigenvalue weighted by Gasteiger charge is 1.91. The van der Waals surface area contributed by atoms with Gasteiger partial charge in [0, 0.05) is 6.61 Å². The van der Waals surface area contributed by atoms with Crippen LogP contribution in [0.5, 0.6) is 0 Å². The van der Waals surface area contributed by atoms with Crippen LogP contribution in [0.15, 0.2) is 17.9 Å². The van der Waals surface area contributed by atoms with Crippen molar-refractivity contribution in [2.45, 2.75) is 64.7 Å². The van der Waals surface area contributed by atoms with E-state index in [0.717, 1.165) is 19.4 Å². The Hall–Kier alpha value is -1.05. The summed E-state index contributed by atoms with van der Waals surface area (Å²) in [5.41, 5.74) is 2.84. The standard InChI is InChI=1S/C16H28O3/c1-2-3-4-5-6-8-11-14-19-15-12-9-7-10-13-16(17)18/h9-10H,2-6,8,11-15H2,1H3,(H,17,18). The van der Waals surface area contributed by atoms with Crippen molar-refractivity contribution in [3.05, 3.63) is 17.9 Å². The zero-order valence-corrected chi connectivity index (χ0v) is 12.2. The molecule has 0 aromatic carbocycles. The van der Waals surface area contributed by atoms with Gasteiger partial charge in [-0.2, -0.15) is 0 Å². The molecule has 3 heteroatoms. The van der Waals surface area contributed by atoms with Crippen LogP contribution in [0, 0.1) is 0 Å². The van der Waals surface area contributed by atoms with E-state index >= 15 is 0 Å². The van der Waals surface area contributed by atoms with Gasteiger partial charge in [-0.05, 0) is 25.0 Å². The molecule has 0 rings (SSSR count). The molecule has 0 bridgehead atoms. The van der Waals surface area contributed by atoms with E-state index in [0.29, 0.717) is 6.61 Å². The lowest BCUT2D eigenvalue weighted by Crippen LogP contribution is -1.95. The first-order valence-electron chi connectivity index (χ1n) is 7.46. The van der Waals surface area contributed by atoms with Crippen LogP contribution in [0.2, 0.25) is 0 Å². The smallest absolute Gasteiger partial charge is 0.307 e. The van der Waals surface area contributed by atoms with Gasteiger partial charge in [0.25, 0.3) is 0 Å². The molecule has 0 aromatic heterocycles. The van der Waals surface area contributed by atoms with E-state index in [1.165, 1.54) is 44.6 Å². The molecule has 0 amide bonds. The van der Waals surface area contributed by atoms with Gasteiger partial charge in [-0.1, -0.05) is 45.4 Å². The Balaban J connectivity index is 3.14. The van der Waals surface area contributed by atoms with Crippen LogP contribution in [0.25, 0.3) is 0 Å². The molecule has 110 valence electrons. The van der Waals surface area contributed by atoms with Crippen LogP contribution in [0.1, 0.15) is 64.7 Å². The van der Waals surface area contributed by atoms with Gasteiger partial charge in [-0.25, -0.2) is 0 Å². The summed E-state index contributed by atoms with van der Waals surface area (Å²) in [6.45, 7) is 3.77. The van der Waals surface area contributed by atoms with Crippen LogP contribution in [0.3, 0.4) is 0 Å². The van der Waals surface area contributed by atoms with Gasteiger partial charge in [0.05, 0.1) is 13.0 Å². The first kappa shape index (κ1) is 17.9. The van der Waals surface area contributed by atoms with Crippen molar-refractivity contribution in [3.8, 4) is 0 Å². The van der Waals surface area contributed by atoms with Gasteiger partial charge >= 0.3 is 5.97 Å². The highest BCUT2D eigenvalue weighted by atomic mass is 16.5. The van der Waals surface area contributed by atoms with Crippen molar-refractivity contribution < 1.29 is 14.6 Å². The molecule has 0 aliphatic heterocycles. The maximum absolute atomic E-state index is 10.2. The zero-order chi connectivity index (χ0) is 14.2. The Morgan fingerprint density at radius 1 is 1.05 bits per heavy atom. The minimum atomic E-state index is -0.823. The minimum absolute atomic E-state index is 0.0371. The Bertz CT molecular complexity index is 265. The van der Waals surface area contributed by atoms with Crippen LogP contribution >= 0.6 is 0 Å². The van der Waals surface area contributed by atoms with Crippen molar-refractivity contribution in [2.75, 3.05) is 13.2 Å². The summed E-state index contributed by atoms with van der Waals surface area (Å²) >= 11 is 0. The molecule has 0 saturated carbocycles. The molecule has 0 spiro atoms. The van der Waals surface area contributed by atoms with Crippen LogP contribution in [-0.4, -0.2) is 24.3 Å². The third kappa shape index (κ3) is 16.9. The van der Waals surface area contributed by atoms with E-state index in [1.807, 2.05) is 6.08 Å². The van der Waals surface area contributed by atoms with E-state index in [2.05, 4.69) is 12.7 Å². The predicted molar refractivity (Wildman–Crippen MR) is 78.3 cm³/mol. The maximum Gasteiger partial charge on any atom is 0.307 e. The van der Waals surface area contributed by atoms with Gasteiger partial charge in [0.15, 0.2) is 0 Å². The second-order valence-electron chi connectivity index (χ2n) is 4.70. The SMILES string of the molecule is CCCCCCCCCOCCC=C=CCC(=O)O. The monoisotopic (exact) mass is 268 g/mol. The molecule has 0 saturated heterocycles. The quantitative estimate of drug-likeness (QED) is 0.399. The summed E-state index contributed by atoms with van der Waals surface area (Å²) in [7, 11) is 0. The summed E-state index contributed by atoms with van der Waals surface area (Å²) in [4.78, 5) is 10.2. The first-order chi connectivity index (χ1) is 9.27. The van der Waals surface area contributed by atoms with E-state index in [9.17, 15) is 4.79 Å². The second-order valence-corrected chi connectivity index (χ2v) is 4.70. The third-order valence-electron chi connectivity index (χ3n) is 2.81. The molecule has 0 aromatic rings. The fourth-order valence-corrected chi connectivity index (χ4v) is 1.72. The van der Waals surface area contributed by atoms with Crippen molar-refractivity contribution in [1.82, 2.24) is 0 Å². The number of ether oxygens (including phenoxy) is 1.